The molecule has 0 radical (unpaired) electrons. The third kappa shape index (κ3) is 3.14. The van der Waals surface area contributed by atoms with Gasteiger partial charge in [0.15, 0.2) is 0 Å². The number of ether oxygens (including phenoxy) is 1. The molecule has 1 spiro atoms. The first-order chi connectivity index (χ1) is 9.28. The predicted octanol–water partition coefficient (Wildman–Crippen LogP) is 2.41. The molecule has 3 heteroatoms. The minimum absolute atomic E-state index is 0.489. The lowest BCUT2D eigenvalue weighted by atomic mass is 9.77. The fourth-order valence-electron chi connectivity index (χ4n) is 4.28. The molecule has 19 heavy (non-hydrogen) atoms. The second-order valence-electron chi connectivity index (χ2n) is 7.03. The molecule has 0 aromatic carbocycles. The zero-order chi connectivity index (χ0) is 13.1. The molecule has 3 rings (SSSR count). The first-order valence-corrected chi connectivity index (χ1v) is 8.35. The summed E-state index contributed by atoms with van der Waals surface area (Å²) in [5.41, 5.74) is 0.489. The SMILES string of the molecule is CC1CN(CC2CCOCC2)C2(CCCCC2)CN1. The van der Waals surface area contributed by atoms with Gasteiger partial charge < -0.3 is 10.1 Å². The van der Waals surface area contributed by atoms with Crippen LogP contribution in [-0.4, -0.2) is 49.3 Å². The van der Waals surface area contributed by atoms with Crippen molar-refractivity contribution in [2.45, 2.75) is 63.5 Å². The van der Waals surface area contributed by atoms with E-state index in [4.69, 9.17) is 4.74 Å². The van der Waals surface area contributed by atoms with Crippen molar-refractivity contribution >= 4 is 0 Å². The molecule has 2 aliphatic heterocycles. The van der Waals surface area contributed by atoms with Crippen molar-refractivity contribution in [2.24, 2.45) is 5.92 Å². The van der Waals surface area contributed by atoms with Crippen molar-refractivity contribution in [1.82, 2.24) is 10.2 Å². The van der Waals surface area contributed by atoms with Crippen molar-refractivity contribution in [3.8, 4) is 0 Å². The Morgan fingerprint density at radius 1 is 1.16 bits per heavy atom. The van der Waals surface area contributed by atoms with Gasteiger partial charge in [-0.1, -0.05) is 19.3 Å². The van der Waals surface area contributed by atoms with Crippen molar-refractivity contribution in [2.75, 3.05) is 32.8 Å². The van der Waals surface area contributed by atoms with E-state index in [0.717, 1.165) is 19.1 Å². The Morgan fingerprint density at radius 3 is 2.63 bits per heavy atom. The van der Waals surface area contributed by atoms with Gasteiger partial charge in [0.2, 0.25) is 0 Å². The molecule has 3 fully saturated rings. The number of rotatable bonds is 2. The quantitative estimate of drug-likeness (QED) is 0.830. The van der Waals surface area contributed by atoms with Gasteiger partial charge >= 0.3 is 0 Å². The summed E-state index contributed by atoms with van der Waals surface area (Å²) in [6.07, 6.45) is 9.68. The lowest BCUT2D eigenvalue weighted by Gasteiger charge is -2.52. The molecule has 1 aliphatic carbocycles. The monoisotopic (exact) mass is 266 g/mol. The number of hydrogen-bond donors (Lipinski definition) is 1. The van der Waals surface area contributed by atoms with Crippen LogP contribution in [0.3, 0.4) is 0 Å². The summed E-state index contributed by atoms with van der Waals surface area (Å²) in [4.78, 5) is 2.86. The largest absolute Gasteiger partial charge is 0.381 e. The van der Waals surface area contributed by atoms with E-state index >= 15 is 0 Å². The second kappa shape index (κ2) is 6.11. The maximum Gasteiger partial charge on any atom is 0.0469 e. The molecular formula is C16H30N2O. The van der Waals surface area contributed by atoms with Gasteiger partial charge in [-0.3, -0.25) is 4.90 Å². The molecule has 2 saturated heterocycles. The Bertz CT molecular complexity index is 282. The molecule has 0 amide bonds. The molecule has 1 atom stereocenters. The minimum Gasteiger partial charge on any atom is -0.381 e. The fraction of sp³-hybridized carbons (Fsp3) is 1.00. The van der Waals surface area contributed by atoms with Crippen LogP contribution in [0.1, 0.15) is 51.9 Å². The second-order valence-corrected chi connectivity index (χ2v) is 7.03. The van der Waals surface area contributed by atoms with E-state index in [2.05, 4.69) is 17.1 Å². The minimum atomic E-state index is 0.489. The lowest BCUT2D eigenvalue weighted by molar-refractivity contribution is -0.0179. The molecule has 2 heterocycles. The number of piperazine rings is 1. The van der Waals surface area contributed by atoms with Crippen LogP contribution in [0, 0.1) is 5.92 Å². The number of nitrogens with one attached hydrogen (secondary N) is 1. The smallest absolute Gasteiger partial charge is 0.0469 e. The fourth-order valence-corrected chi connectivity index (χ4v) is 4.28. The van der Waals surface area contributed by atoms with Gasteiger partial charge in [0.1, 0.15) is 0 Å². The van der Waals surface area contributed by atoms with Crippen molar-refractivity contribution < 1.29 is 4.74 Å². The molecule has 3 aliphatic rings. The lowest BCUT2D eigenvalue weighted by Crippen LogP contribution is -2.65. The maximum absolute atomic E-state index is 5.52. The Morgan fingerprint density at radius 2 is 1.89 bits per heavy atom. The van der Waals surface area contributed by atoms with Crippen LogP contribution >= 0.6 is 0 Å². The molecular weight excluding hydrogens is 236 g/mol. The van der Waals surface area contributed by atoms with Gasteiger partial charge in [-0.15, -0.1) is 0 Å². The summed E-state index contributed by atoms with van der Waals surface area (Å²) >= 11 is 0. The molecule has 1 N–H and O–H groups in total. The molecule has 0 bridgehead atoms. The first-order valence-electron chi connectivity index (χ1n) is 8.35. The molecule has 1 unspecified atom stereocenters. The van der Waals surface area contributed by atoms with Crippen LogP contribution in [0.2, 0.25) is 0 Å². The van der Waals surface area contributed by atoms with E-state index in [1.54, 1.807) is 0 Å². The zero-order valence-corrected chi connectivity index (χ0v) is 12.5. The summed E-state index contributed by atoms with van der Waals surface area (Å²) < 4.78 is 5.52. The summed E-state index contributed by atoms with van der Waals surface area (Å²) in [6, 6.07) is 0.660. The first kappa shape index (κ1) is 13.8. The van der Waals surface area contributed by atoms with Gasteiger partial charge in [-0.05, 0) is 38.5 Å². The molecule has 0 aromatic heterocycles. The topological polar surface area (TPSA) is 24.5 Å². The number of hydrogen-bond acceptors (Lipinski definition) is 3. The molecule has 110 valence electrons. The van der Waals surface area contributed by atoms with Gasteiger partial charge in [0.25, 0.3) is 0 Å². The summed E-state index contributed by atoms with van der Waals surface area (Å²) in [7, 11) is 0. The molecule has 3 nitrogen and oxygen atoms in total. The standard InChI is InChI=1S/C16H30N2O/c1-14-11-18(12-15-5-9-19-10-6-15)16(13-17-14)7-3-2-4-8-16/h14-15,17H,2-13H2,1H3. The average molecular weight is 266 g/mol. The van der Waals surface area contributed by atoms with Crippen LogP contribution in [0.15, 0.2) is 0 Å². The van der Waals surface area contributed by atoms with Gasteiger partial charge in [-0.25, -0.2) is 0 Å². The van der Waals surface area contributed by atoms with Crippen LogP contribution in [0.4, 0.5) is 0 Å². The third-order valence-corrected chi connectivity index (χ3v) is 5.55. The molecule has 0 aromatic rings. The highest BCUT2D eigenvalue weighted by Gasteiger charge is 2.41. The van der Waals surface area contributed by atoms with Crippen LogP contribution in [0.5, 0.6) is 0 Å². The van der Waals surface area contributed by atoms with Crippen LogP contribution in [-0.2, 0) is 4.74 Å². The van der Waals surface area contributed by atoms with Crippen molar-refractivity contribution in [3.63, 3.8) is 0 Å². The van der Waals surface area contributed by atoms with E-state index in [9.17, 15) is 0 Å². The Labute approximate surface area is 118 Å². The van der Waals surface area contributed by atoms with E-state index in [1.807, 2.05) is 0 Å². The Hall–Kier alpha value is -0.120. The summed E-state index contributed by atoms with van der Waals surface area (Å²) in [5, 5.41) is 3.74. The summed E-state index contributed by atoms with van der Waals surface area (Å²) in [6.45, 7) is 8.09. The van der Waals surface area contributed by atoms with E-state index < -0.39 is 0 Å². The number of nitrogens with zero attached hydrogens (tertiary/aromatic N) is 1. The molecule has 1 saturated carbocycles. The highest BCUT2D eigenvalue weighted by Crippen LogP contribution is 2.36. The summed E-state index contributed by atoms with van der Waals surface area (Å²) in [5.74, 6) is 0.873. The van der Waals surface area contributed by atoms with E-state index in [1.165, 1.54) is 64.6 Å². The van der Waals surface area contributed by atoms with Gasteiger partial charge in [0.05, 0.1) is 0 Å². The van der Waals surface area contributed by atoms with Crippen molar-refractivity contribution in [1.29, 1.82) is 0 Å². The van der Waals surface area contributed by atoms with Gasteiger partial charge in [0, 0.05) is 44.4 Å². The highest BCUT2D eigenvalue weighted by molar-refractivity contribution is 5.00. The van der Waals surface area contributed by atoms with E-state index in [-0.39, 0.29) is 0 Å². The Kier molecular flexibility index (Phi) is 4.45. The zero-order valence-electron chi connectivity index (χ0n) is 12.5. The maximum atomic E-state index is 5.52. The van der Waals surface area contributed by atoms with Crippen LogP contribution < -0.4 is 5.32 Å². The Balaban J connectivity index is 1.66. The normalized spacial score (nSPS) is 33.6. The highest BCUT2D eigenvalue weighted by atomic mass is 16.5. The van der Waals surface area contributed by atoms with Gasteiger partial charge in [-0.2, -0.15) is 0 Å². The van der Waals surface area contributed by atoms with Crippen molar-refractivity contribution in [3.05, 3.63) is 0 Å². The van der Waals surface area contributed by atoms with E-state index in [0.29, 0.717) is 11.6 Å². The predicted molar refractivity (Wildman–Crippen MR) is 78.4 cm³/mol. The average Bonchev–Trinajstić information content (AvgIpc) is 2.46. The third-order valence-electron chi connectivity index (χ3n) is 5.55. The van der Waals surface area contributed by atoms with Crippen LogP contribution in [0.25, 0.3) is 0 Å².